The normalized spacial score (nSPS) is 15.3. The summed E-state index contributed by atoms with van der Waals surface area (Å²) in [5.74, 6) is 0.944. The molecule has 1 saturated heterocycles. The highest BCUT2D eigenvalue weighted by Gasteiger charge is 2.14. The molecule has 1 N–H and O–H groups in total. The summed E-state index contributed by atoms with van der Waals surface area (Å²) in [7, 11) is 0. The van der Waals surface area contributed by atoms with Gasteiger partial charge < -0.3 is 19.4 Å². The van der Waals surface area contributed by atoms with Gasteiger partial charge in [-0.3, -0.25) is 0 Å². The van der Waals surface area contributed by atoms with E-state index in [-0.39, 0.29) is 0 Å². The summed E-state index contributed by atoms with van der Waals surface area (Å²) in [5.41, 5.74) is 3.65. The highest BCUT2D eigenvalue weighted by Crippen LogP contribution is 2.28. The monoisotopic (exact) mass is 272 g/mol. The average Bonchev–Trinajstić information content (AvgIpc) is 2.99. The van der Waals surface area contributed by atoms with Crippen molar-refractivity contribution < 1.29 is 9.15 Å². The molecule has 0 aliphatic carbocycles. The van der Waals surface area contributed by atoms with Gasteiger partial charge in [-0.15, -0.1) is 0 Å². The number of ether oxygens (including phenoxy) is 1. The number of morpholine rings is 1. The Hall–Kier alpha value is -1.94. The van der Waals surface area contributed by atoms with Crippen molar-refractivity contribution in [2.75, 3.05) is 36.5 Å². The molecule has 1 aromatic carbocycles. The van der Waals surface area contributed by atoms with Gasteiger partial charge >= 0.3 is 0 Å². The van der Waals surface area contributed by atoms with Crippen LogP contribution in [0.15, 0.2) is 41.0 Å². The molecule has 0 spiro atoms. The molecular weight excluding hydrogens is 252 g/mol. The standard InChI is InChI=1S/C16H20N2O2/c1-13-4-5-16(18-6-9-19-10-7-18)15(11-13)17-12-14-3-2-8-20-14/h2-5,8,11,17H,6-7,9-10,12H2,1H3. The van der Waals surface area contributed by atoms with Gasteiger partial charge in [0.1, 0.15) is 5.76 Å². The van der Waals surface area contributed by atoms with Gasteiger partial charge in [-0.1, -0.05) is 6.07 Å². The number of aryl methyl sites for hydroxylation is 1. The fraction of sp³-hybridized carbons (Fsp3) is 0.375. The second kappa shape index (κ2) is 6.01. The lowest BCUT2D eigenvalue weighted by Crippen LogP contribution is -2.36. The zero-order valence-electron chi connectivity index (χ0n) is 11.8. The Morgan fingerprint density at radius 2 is 2.05 bits per heavy atom. The van der Waals surface area contributed by atoms with Crippen molar-refractivity contribution in [3.8, 4) is 0 Å². The van der Waals surface area contributed by atoms with Gasteiger partial charge in [-0.05, 0) is 36.8 Å². The molecule has 106 valence electrons. The lowest BCUT2D eigenvalue weighted by atomic mass is 10.1. The third kappa shape index (κ3) is 2.96. The van der Waals surface area contributed by atoms with Crippen LogP contribution in [0.4, 0.5) is 11.4 Å². The van der Waals surface area contributed by atoms with Gasteiger partial charge in [-0.2, -0.15) is 0 Å². The van der Waals surface area contributed by atoms with E-state index in [9.17, 15) is 0 Å². The SMILES string of the molecule is Cc1ccc(N2CCOCC2)c(NCc2ccco2)c1. The Kier molecular flexibility index (Phi) is 3.92. The summed E-state index contributed by atoms with van der Waals surface area (Å²) in [5, 5.41) is 3.48. The van der Waals surface area contributed by atoms with Crippen molar-refractivity contribution in [1.29, 1.82) is 0 Å². The van der Waals surface area contributed by atoms with E-state index in [2.05, 4.69) is 35.3 Å². The second-order valence-corrected chi connectivity index (χ2v) is 5.05. The van der Waals surface area contributed by atoms with Crippen molar-refractivity contribution in [1.82, 2.24) is 0 Å². The van der Waals surface area contributed by atoms with Crippen LogP contribution in [-0.2, 0) is 11.3 Å². The maximum absolute atomic E-state index is 5.43. The van der Waals surface area contributed by atoms with Crippen LogP contribution in [0.3, 0.4) is 0 Å². The molecule has 3 rings (SSSR count). The second-order valence-electron chi connectivity index (χ2n) is 5.05. The van der Waals surface area contributed by atoms with Gasteiger partial charge in [0.25, 0.3) is 0 Å². The van der Waals surface area contributed by atoms with Crippen molar-refractivity contribution in [2.24, 2.45) is 0 Å². The number of nitrogens with zero attached hydrogens (tertiary/aromatic N) is 1. The van der Waals surface area contributed by atoms with Crippen molar-refractivity contribution in [2.45, 2.75) is 13.5 Å². The topological polar surface area (TPSA) is 37.6 Å². The maximum atomic E-state index is 5.43. The Morgan fingerprint density at radius 1 is 1.20 bits per heavy atom. The van der Waals surface area contributed by atoms with Crippen LogP contribution in [-0.4, -0.2) is 26.3 Å². The Bertz CT molecular complexity index is 546. The molecule has 4 heteroatoms. The largest absolute Gasteiger partial charge is 0.467 e. The van der Waals surface area contributed by atoms with Crippen LogP contribution >= 0.6 is 0 Å². The molecular formula is C16H20N2O2. The lowest BCUT2D eigenvalue weighted by Gasteiger charge is -2.30. The third-order valence-electron chi connectivity index (χ3n) is 3.54. The maximum Gasteiger partial charge on any atom is 0.122 e. The molecule has 2 aromatic rings. The van der Waals surface area contributed by atoms with Gasteiger partial charge in [0.2, 0.25) is 0 Å². The summed E-state index contributed by atoms with van der Waals surface area (Å²) in [4.78, 5) is 2.37. The van der Waals surface area contributed by atoms with E-state index in [0.717, 1.165) is 37.8 Å². The van der Waals surface area contributed by atoms with Crippen LogP contribution in [0.2, 0.25) is 0 Å². The Balaban J connectivity index is 1.78. The van der Waals surface area contributed by atoms with Crippen molar-refractivity contribution in [3.05, 3.63) is 47.9 Å². The predicted octanol–water partition coefficient (Wildman–Crippen LogP) is 3.04. The molecule has 0 radical (unpaired) electrons. The highest BCUT2D eigenvalue weighted by atomic mass is 16.5. The molecule has 0 unspecified atom stereocenters. The smallest absolute Gasteiger partial charge is 0.122 e. The minimum Gasteiger partial charge on any atom is -0.467 e. The minimum absolute atomic E-state index is 0.702. The quantitative estimate of drug-likeness (QED) is 0.928. The zero-order chi connectivity index (χ0) is 13.8. The molecule has 0 atom stereocenters. The van der Waals surface area contributed by atoms with E-state index in [1.54, 1.807) is 6.26 Å². The van der Waals surface area contributed by atoms with E-state index in [1.165, 1.54) is 11.3 Å². The number of furan rings is 1. The molecule has 4 nitrogen and oxygen atoms in total. The van der Waals surface area contributed by atoms with Gasteiger partial charge in [0.05, 0.1) is 37.4 Å². The first kappa shape index (κ1) is 13.1. The van der Waals surface area contributed by atoms with Crippen molar-refractivity contribution in [3.63, 3.8) is 0 Å². The highest BCUT2D eigenvalue weighted by molar-refractivity contribution is 5.71. The molecule has 0 bridgehead atoms. The van der Waals surface area contributed by atoms with Gasteiger partial charge in [0, 0.05) is 13.1 Å². The van der Waals surface area contributed by atoms with E-state index in [4.69, 9.17) is 9.15 Å². The molecule has 1 fully saturated rings. The average molecular weight is 272 g/mol. The van der Waals surface area contributed by atoms with Crippen LogP contribution in [0.1, 0.15) is 11.3 Å². The van der Waals surface area contributed by atoms with E-state index in [1.807, 2.05) is 12.1 Å². The molecule has 2 heterocycles. The fourth-order valence-electron chi connectivity index (χ4n) is 2.47. The lowest BCUT2D eigenvalue weighted by molar-refractivity contribution is 0.123. The molecule has 0 saturated carbocycles. The number of rotatable bonds is 4. The summed E-state index contributed by atoms with van der Waals surface area (Å²) in [6, 6.07) is 10.4. The van der Waals surface area contributed by atoms with Crippen LogP contribution in [0.25, 0.3) is 0 Å². The first-order valence-electron chi connectivity index (χ1n) is 7.02. The number of anilines is 2. The predicted molar refractivity (Wildman–Crippen MR) is 80.2 cm³/mol. The number of hydrogen-bond donors (Lipinski definition) is 1. The Morgan fingerprint density at radius 3 is 2.80 bits per heavy atom. The van der Waals surface area contributed by atoms with Crippen LogP contribution < -0.4 is 10.2 Å². The summed E-state index contributed by atoms with van der Waals surface area (Å²) in [6.07, 6.45) is 1.70. The summed E-state index contributed by atoms with van der Waals surface area (Å²) < 4.78 is 10.8. The molecule has 1 aliphatic heterocycles. The van der Waals surface area contributed by atoms with Crippen molar-refractivity contribution >= 4 is 11.4 Å². The molecule has 1 aromatic heterocycles. The van der Waals surface area contributed by atoms with E-state index in [0.29, 0.717) is 6.54 Å². The zero-order valence-corrected chi connectivity index (χ0v) is 11.8. The van der Waals surface area contributed by atoms with Gasteiger partial charge in [-0.25, -0.2) is 0 Å². The summed E-state index contributed by atoms with van der Waals surface area (Å²) >= 11 is 0. The number of nitrogens with one attached hydrogen (secondary N) is 1. The van der Waals surface area contributed by atoms with Crippen LogP contribution in [0.5, 0.6) is 0 Å². The minimum atomic E-state index is 0.702. The van der Waals surface area contributed by atoms with Crippen LogP contribution in [0, 0.1) is 6.92 Å². The Labute approximate surface area is 119 Å². The first-order chi connectivity index (χ1) is 9.83. The molecule has 1 aliphatic rings. The summed E-state index contributed by atoms with van der Waals surface area (Å²) in [6.45, 7) is 6.29. The van der Waals surface area contributed by atoms with E-state index >= 15 is 0 Å². The van der Waals surface area contributed by atoms with Gasteiger partial charge in [0.15, 0.2) is 0 Å². The van der Waals surface area contributed by atoms with E-state index < -0.39 is 0 Å². The third-order valence-corrected chi connectivity index (χ3v) is 3.54. The fourth-order valence-corrected chi connectivity index (χ4v) is 2.47. The number of hydrogen-bond acceptors (Lipinski definition) is 4. The molecule has 0 amide bonds. The first-order valence-corrected chi connectivity index (χ1v) is 7.02. The molecule has 20 heavy (non-hydrogen) atoms. The number of benzene rings is 1.